The first-order valence-corrected chi connectivity index (χ1v) is 8.44. The van der Waals surface area contributed by atoms with Crippen LogP contribution < -0.4 is 10.0 Å². The third-order valence-corrected chi connectivity index (χ3v) is 5.07. The van der Waals surface area contributed by atoms with Crippen molar-refractivity contribution in [1.82, 2.24) is 15.5 Å². The second kappa shape index (κ2) is 6.29. The van der Waals surface area contributed by atoms with Gasteiger partial charge in [0.25, 0.3) is 10.0 Å². The molecule has 0 atom stereocenters. The number of anilines is 1. The summed E-state index contributed by atoms with van der Waals surface area (Å²) in [4.78, 5) is 0.214. The predicted octanol–water partition coefficient (Wildman–Crippen LogP) is 1.62. The fraction of sp³-hybridized carbons (Fsp3) is 0.333. The molecule has 0 saturated carbocycles. The molecule has 0 bridgehead atoms. The van der Waals surface area contributed by atoms with Crippen molar-refractivity contribution in [2.45, 2.75) is 24.8 Å². The molecule has 2 aromatic rings. The topological polar surface area (TPSA) is 84.0 Å². The maximum atomic E-state index is 12.2. The molecule has 108 valence electrons. The van der Waals surface area contributed by atoms with E-state index in [0.717, 1.165) is 17.0 Å². The molecule has 0 radical (unpaired) electrons. The molecule has 20 heavy (non-hydrogen) atoms. The van der Waals surface area contributed by atoms with E-state index in [4.69, 9.17) is 0 Å². The molecule has 0 saturated heterocycles. The summed E-state index contributed by atoms with van der Waals surface area (Å²) in [6.45, 7) is 2.64. The largest absolute Gasteiger partial charge is 0.316 e. The molecule has 2 rings (SSSR count). The summed E-state index contributed by atoms with van der Waals surface area (Å²) in [5.41, 5.74) is 1.02. The minimum atomic E-state index is -3.60. The molecule has 0 fully saturated rings. The number of rotatable bonds is 6. The molecule has 2 N–H and O–H groups in total. The highest BCUT2D eigenvalue weighted by molar-refractivity contribution is 7.93. The van der Waals surface area contributed by atoms with Gasteiger partial charge in [-0.05, 0) is 31.2 Å². The maximum absolute atomic E-state index is 12.2. The molecule has 0 aliphatic rings. The van der Waals surface area contributed by atoms with Crippen molar-refractivity contribution < 1.29 is 8.42 Å². The second-order valence-electron chi connectivity index (χ2n) is 4.13. The summed E-state index contributed by atoms with van der Waals surface area (Å²) in [5, 5.41) is 11.8. The Bertz CT molecular complexity index is 665. The lowest BCUT2D eigenvalue weighted by atomic mass is 10.2. The van der Waals surface area contributed by atoms with Crippen LogP contribution in [-0.4, -0.2) is 25.7 Å². The van der Waals surface area contributed by atoms with Crippen molar-refractivity contribution in [3.05, 3.63) is 34.8 Å². The van der Waals surface area contributed by atoms with E-state index in [1.165, 1.54) is 11.3 Å². The smallest absolute Gasteiger partial charge is 0.263 e. The van der Waals surface area contributed by atoms with Crippen LogP contribution in [0.2, 0.25) is 0 Å². The van der Waals surface area contributed by atoms with Crippen molar-refractivity contribution in [1.29, 1.82) is 0 Å². The summed E-state index contributed by atoms with van der Waals surface area (Å²) in [6.07, 6.45) is 0.734. The van der Waals surface area contributed by atoms with Crippen molar-refractivity contribution in [2.24, 2.45) is 0 Å². The van der Waals surface area contributed by atoms with Crippen LogP contribution >= 0.6 is 11.3 Å². The van der Waals surface area contributed by atoms with Gasteiger partial charge < -0.3 is 5.32 Å². The number of hydrogen-bond donors (Lipinski definition) is 2. The van der Waals surface area contributed by atoms with Crippen LogP contribution in [0.5, 0.6) is 0 Å². The van der Waals surface area contributed by atoms with Gasteiger partial charge in [0.05, 0.1) is 4.90 Å². The van der Waals surface area contributed by atoms with Gasteiger partial charge in [0.1, 0.15) is 5.01 Å². The molecule has 1 aromatic heterocycles. The van der Waals surface area contributed by atoms with Gasteiger partial charge in [-0.2, -0.15) is 0 Å². The van der Waals surface area contributed by atoms with Gasteiger partial charge in [-0.25, -0.2) is 8.42 Å². The number of aryl methyl sites for hydroxylation is 1. The second-order valence-corrected chi connectivity index (χ2v) is 6.88. The molecule has 0 spiro atoms. The lowest BCUT2D eigenvalue weighted by Gasteiger charge is -2.06. The molecule has 6 nitrogen and oxygen atoms in total. The zero-order valence-electron chi connectivity index (χ0n) is 11.3. The maximum Gasteiger partial charge on any atom is 0.263 e. The van der Waals surface area contributed by atoms with Crippen LogP contribution in [0.15, 0.2) is 29.2 Å². The van der Waals surface area contributed by atoms with Crippen molar-refractivity contribution in [3.8, 4) is 0 Å². The van der Waals surface area contributed by atoms with E-state index in [9.17, 15) is 8.42 Å². The standard InChI is InChI=1S/C12H16N4O2S2/c1-3-11-14-15-12(19-11)16-20(17,18)10-6-4-9(5-7-10)8-13-2/h4-7,13H,3,8H2,1-2H3,(H,15,16). The summed E-state index contributed by atoms with van der Waals surface area (Å²) in [6, 6.07) is 6.72. The molecule has 0 amide bonds. The number of nitrogens with one attached hydrogen (secondary N) is 2. The minimum absolute atomic E-state index is 0.214. The van der Waals surface area contributed by atoms with Crippen LogP contribution in [0.4, 0.5) is 5.13 Å². The summed E-state index contributed by atoms with van der Waals surface area (Å²) < 4.78 is 26.8. The Morgan fingerprint density at radius 2 is 1.90 bits per heavy atom. The molecular weight excluding hydrogens is 296 g/mol. The lowest BCUT2D eigenvalue weighted by Crippen LogP contribution is -2.13. The van der Waals surface area contributed by atoms with E-state index in [2.05, 4.69) is 20.2 Å². The third-order valence-electron chi connectivity index (χ3n) is 2.61. The van der Waals surface area contributed by atoms with Crippen molar-refractivity contribution in [3.63, 3.8) is 0 Å². The third kappa shape index (κ3) is 3.53. The molecular formula is C12H16N4O2S2. The number of nitrogens with zero attached hydrogens (tertiary/aromatic N) is 2. The number of hydrogen-bond acceptors (Lipinski definition) is 6. The quantitative estimate of drug-likeness (QED) is 0.847. The molecule has 0 aliphatic heterocycles. The van der Waals surface area contributed by atoms with Crippen LogP contribution in [0.1, 0.15) is 17.5 Å². The molecule has 0 unspecified atom stereocenters. The Balaban J connectivity index is 2.17. The normalized spacial score (nSPS) is 11.5. The lowest BCUT2D eigenvalue weighted by molar-refractivity contribution is 0.601. The molecule has 1 aromatic carbocycles. The Labute approximate surface area is 122 Å². The van der Waals surface area contributed by atoms with Crippen LogP contribution in [-0.2, 0) is 23.0 Å². The van der Waals surface area contributed by atoms with Crippen LogP contribution in [0, 0.1) is 0 Å². The highest BCUT2D eigenvalue weighted by Crippen LogP contribution is 2.20. The van der Waals surface area contributed by atoms with Crippen molar-refractivity contribution >= 4 is 26.5 Å². The highest BCUT2D eigenvalue weighted by Gasteiger charge is 2.16. The zero-order valence-corrected chi connectivity index (χ0v) is 12.9. The summed E-state index contributed by atoms with van der Waals surface area (Å²) >= 11 is 1.24. The summed E-state index contributed by atoms with van der Waals surface area (Å²) in [5.74, 6) is 0. The van der Waals surface area contributed by atoms with Gasteiger partial charge in [-0.1, -0.05) is 30.4 Å². The first-order chi connectivity index (χ1) is 9.55. The van der Waals surface area contributed by atoms with Gasteiger partial charge in [0.2, 0.25) is 5.13 Å². The Morgan fingerprint density at radius 3 is 2.45 bits per heavy atom. The van der Waals surface area contributed by atoms with E-state index in [1.807, 2.05) is 14.0 Å². The van der Waals surface area contributed by atoms with E-state index in [-0.39, 0.29) is 4.90 Å². The Kier molecular flexibility index (Phi) is 4.69. The summed E-state index contributed by atoms with van der Waals surface area (Å²) in [7, 11) is -1.76. The average molecular weight is 312 g/mol. The van der Waals surface area contributed by atoms with Gasteiger partial charge in [-0.15, -0.1) is 10.2 Å². The number of sulfonamides is 1. The van der Waals surface area contributed by atoms with E-state index < -0.39 is 10.0 Å². The van der Waals surface area contributed by atoms with Gasteiger partial charge in [0, 0.05) is 6.54 Å². The SMILES string of the molecule is CCc1nnc(NS(=O)(=O)c2ccc(CNC)cc2)s1. The predicted molar refractivity (Wildman–Crippen MR) is 79.3 cm³/mol. The van der Waals surface area contributed by atoms with Gasteiger partial charge in [0.15, 0.2) is 0 Å². The van der Waals surface area contributed by atoms with E-state index in [0.29, 0.717) is 11.7 Å². The van der Waals surface area contributed by atoms with Gasteiger partial charge in [-0.3, -0.25) is 4.72 Å². The monoisotopic (exact) mass is 312 g/mol. The first-order valence-electron chi connectivity index (χ1n) is 6.14. The highest BCUT2D eigenvalue weighted by atomic mass is 32.2. The Hall–Kier alpha value is -1.51. The molecule has 8 heteroatoms. The fourth-order valence-electron chi connectivity index (χ4n) is 1.60. The molecule has 0 aliphatic carbocycles. The van der Waals surface area contributed by atoms with Crippen LogP contribution in [0.3, 0.4) is 0 Å². The number of aromatic nitrogens is 2. The van der Waals surface area contributed by atoms with Gasteiger partial charge >= 0.3 is 0 Å². The zero-order chi connectivity index (χ0) is 14.6. The first kappa shape index (κ1) is 14.9. The fourth-order valence-corrected chi connectivity index (χ4v) is 3.51. The van der Waals surface area contributed by atoms with Crippen molar-refractivity contribution in [2.75, 3.05) is 11.8 Å². The molecule has 1 heterocycles. The van der Waals surface area contributed by atoms with Crippen LogP contribution in [0.25, 0.3) is 0 Å². The van der Waals surface area contributed by atoms with E-state index in [1.54, 1.807) is 24.3 Å². The average Bonchev–Trinajstić information content (AvgIpc) is 2.87. The number of benzene rings is 1. The minimum Gasteiger partial charge on any atom is -0.316 e. The Morgan fingerprint density at radius 1 is 1.20 bits per heavy atom. The van der Waals surface area contributed by atoms with E-state index >= 15 is 0 Å².